The number of rotatable bonds is 5. The number of benzene rings is 4. The molecule has 1 aromatic heterocycles. The Balaban J connectivity index is 1.59. The molecule has 0 aliphatic rings. The summed E-state index contributed by atoms with van der Waals surface area (Å²) >= 11 is 0. The fourth-order valence-electron chi connectivity index (χ4n) is 3.81. The van der Waals surface area contributed by atoms with Gasteiger partial charge in [0.2, 0.25) is 0 Å². The summed E-state index contributed by atoms with van der Waals surface area (Å²) in [4.78, 5) is 9.78. The molecule has 33 heavy (non-hydrogen) atoms. The van der Waals surface area contributed by atoms with E-state index in [9.17, 15) is 0 Å². The van der Waals surface area contributed by atoms with Gasteiger partial charge in [0.1, 0.15) is 0 Å². The van der Waals surface area contributed by atoms with E-state index < -0.39 is 0 Å². The molecule has 3 heteroatoms. The second-order valence-electron chi connectivity index (χ2n) is 7.97. The first-order valence-electron chi connectivity index (χ1n) is 10.9. The minimum absolute atomic E-state index is 0.549. The zero-order valence-electron chi connectivity index (χ0n) is 18.4. The summed E-state index contributed by atoms with van der Waals surface area (Å²) in [6.07, 6.45) is 0. The van der Waals surface area contributed by atoms with Crippen molar-refractivity contribution in [2.75, 3.05) is 0 Å². The SMILES string of the molecule is CC(=N)c1ccc(-c2cc(-c3ccc(-c4ccccc4)cc3)nc(-c3ccccc3)n2)cc1. The van der Waals surface area contributed by atoms with Gasteiger partial charge in [0, 0.05) is 22.4 Å². The maximum Gasteiger partial charge on any atom is 0.160 e. The summed E-state index contributed by atoms with van der Waals surface area (Å²) in [6, 6.07) is 38.9. The minimum Gasteiger partial charge on any atom is -0.305 e. The molecule has 0 bridgehead atoms. The molecule has 0 atom stereocenters. The third kappa shape index (κ3) is 4.48. The van der Waals surface area contributed by atoms with Crippen LogP contribution in [0.4, 0.5) is 0 Å². The van der Waals surface area contributed by atoms with E-state index in [-0.39, 0.29) is 0 Å². The van der Waals surface area contributed by atoms with Crippen LogP contribution in [0.5, 0.6) is 0 Å². The molecule has 0 saturated heterocycles. The molecule has 0 saturated carbocycles. The summed E-state index contributed by atoms with van der Waals surface area (Å²) in [5.74, 6) is 0.697. The van der Waals surface area contributed by atoms with E-state index in [1.165, 1.54) is 11.1 Å². The van der Waals surface area contributed by atoms with Gasteiger partial charge in [0.15, 0.2) is 5.82 Å². The molecule has 5 rings (SSSR count). The second-order valence-corrected chi connectivity index (χ2v) is 7.97. The van der Waals surface area contributed by atoms with Crippen LogP contribution in [0, 0.1) is 5.41 Å². The smallest absolute Gasteiger partial charge is 0.160 e. The number of nitrogens with one attached hydrogen (secondary N) is 1. The molecule has 0 radical (unpaired) electrons. The summed E-state index contributed by atoms with van der Waals surface area (Å²) in [5.41, 5.74) is 8.60. The molecule has 1 heterocycles. The summed E-state index contributed by atoms with van der Waals surface area (Å²) in [5, 5.41) is 7.86. The molecule has 3 nitrogen and oxygen atoms in total. The van der Waals surface area contributed by atoms with E-state index >= 15 is 0 Å². The zero-order valence-corrected chi connectivity index (χ0v) is 18.4. The van der Waals surface area contributed by atoms with Crippen LogP contribution in [0.15, 0.2) is 115 Å². The van der Waals surface area contributed by atoms with E-state index in [0.717, 1.165) is 33.6 Å². The van der Waals surface area contributed by atoms with Crippen LogP contribution in [-0.4, -0.2) is 15.7 Å². The standard InChI is InChI=1S/C30H23N3/c1-21(31)22-12-16-25(17-13-22)28-20-29(33-30(32-28)27-10-6-3-7-11-27)26-18-14-24(15-19-26)23-8-4-2-5-9-23/h2-20,31H,1H3. The van der Waals surface area contributed by atoms with Crippen LogP contribution >= 0.6 is 0 Å². The van der Waals surface area contributed by atoms with Gasteiger partial charge in [-0.2, -0.15) is 0 Å². The summed E-state index contributed by atoms with van der Waals surface area (Å²) < 4.78 is 0. The molecule has 0 aliphatic heterocycles. The monoisotopic (exact) mass is 425 g/mol. The second kappa shape index (κ2) is 9.01. The lowest BCUT2D eigenvalue weighted by atomic mass is 10.0. The molecule has 158 valence electrons. The van der Waals surface area contributed by atoms with Crippen molar-refractivity contribution in [3.05, 3.63) is 121 Å². The Bertz CT molecular complexity index is 1390. The van der Waals surface area contributed by atoms with Gasteiger partial charge in [-0.15, -0.1) is 0 Å². The molecular weight excluding hydrogens is 402 g/mol. The fourth-order valence-corrected chi connectivity index (χ4v) is 3.81. The first-order valence-corrected chi connectivity index (χ1v) is 10.9. The molecule has 0 unspecified atom stereocenters. The van der Waals surface area contributed by atoms with Gasteiger partial charge in [0.25, 0.3) is 0 Å². The van der Waals surface area contributed by atoms with Gasteiger partial charge in [0.05, 0.1) is 11.4 Å². The molecule has 0 fully saturated rings. The van der Waals surface area contributed by atoms with Crippen molar-refractivity contribution in [1.29, 1.82) is 5.41 Å². The lowest BCUT2D eigenvalue weighted by Crippen LogP contribution is -1.96. The van der Waals surface area contributed by atoms with Crippen LogP contribution in [-0.2, 0) is 0 Å². The minimum atomic E-state index is 0.549. The van der Waals surface area contributed by atoms with Gasteiger partial charge in [-0.1, -0.05) is 109 Å². The van der Waals surface area contributed by atoms with Gasteiger partial charge >= 0.3 is 0 Å². The highest BCUT2D eigenvalue weighted by molar-refractivity contribution is 5.96. The third-order valence-electron chi connectivity index (χ3n) is 5.66. The predicted octanol–water partition coefficient (Wildman–Crippen LogP) is 7.53. The van der Waals surface area contributed by atoms with Crippen LogP contribution in [0.25, 0.3) is 45.0 Å². The van der Waals surface area contributed by atoms with E-state index in [1.54, 1.807) is 6.92 Å². The van der Waals surface area contributed by atoms with Crippen molar-refractivity contribution in [3.8, 4) is 45.0 Å². The zero-order chi connectivity index (χ0) is 22.6. The van der Waals surface area contributed by atoms with E-state index in [4.69, 9.17) is 15.4 Å². The number of hydrogen-bond donors (Lipinski definition) is 1. The maximum atomic E-state index is 7.86. The van der Waals surface area contributed by atoms with Gasteiger partial charge in [-0.25, -0.2) is 9.97 Å². The normalized spacial score (nSPS) is 10.7. The number of hydrogen-bond acceptors (Lipinski definition) is 3. The third-order valence-corrected chi connectivity index (χ3v) is 5.66. The summed E-state index contributed by atoms with van der Waals surface area (Å²) in [6.45, 7) is 1.80. The molecule has 0 aliphatic carbocycles. The fraction of sp³-hybridized carbons (Fsp3) is 0.0333. The Labute approximate surface area is 194 Å². The Morgan fingerprint density at radius 3 is 1.45 bits per heavy atom. The Kier molecular flexibility index (Phi) is 5.61. The molecular formula is C30H23N3. The van der Waals surface area contributed by atoms with Crippen molar-refractivity contribution < 1.29 is 0 Å². The van der Waals surface area contributed by atoms with Crippen LogP contribution < -0.4 is 0 Å². The van der Waals surface area contributed by atoms with Crippen molar-refractivity contribution in [2.24, 2.45) is 0 Å². The highest BCUT2D eigenvalue weighted by Gasteiger charge is 2.11. The molecule has 4 aromatic carbocycles. The lowest BCUT2D eigenvalue weighted by molar-refractivity contribution is 1.18. The quantitative estimate of drug-likeness (QED) is 0.296. The van der Waals surface area contributed by atoms with Crippen LogP contribution in [0.3, 0.4) is 0 Å². The average molecular weight is 426 g/mol. The van der Waals surface area contributed by atoms with Gasteiger partial charge in [-0.05, 0) is 29.7 Å². The Morgan fingerprint density at radius 2 is 0.939 bits per heavy atom. The van der Waals surface area contributed by atoms with Crippen LogP contribution in [0.1, 0.15) is 12.5 Å². The van der Waals surface area contributed by atoms with E-state index in [0.29, 0.717) is 11.5 Å². The van der Waals surface area contributed by atoms with Crippen molar-refractivity contribution >= 4 is 5.71 Å². The highest BCUT2D eigenvalue weighted by Crippen LogP contribution is 2.29. The van der Waals surface area contributed by atoms with Crippen molar-refractivity contribution in [1.82, 2.24) is 9.97 Å². The van der Waals surface area contributed by atoms with Crippen molar-refractivity contribution in [3.63, 3.8) is 0 Å². The lowest BCUT2D eigenvalue weighted by Gasteiger charge is -2.10. The predicted molar refractivity (Wildman–Crippen MR) is 136 cm³/mol. The van der Waals surface area contributed by atoms with Gasteiger partial charge in [-0.3, -0.25) is 0 Å². The molecule has 0 amide bonds. The maximum absolute atomic E-state index is 7.86. The Hall–Kier alpha value is -4.37. The van der Waals surface area contributed by atoms with E-state index in [1.807, 2.05) is 66.7 Å². The number of nitrogens with zero attached hydrogens (tertiary/aromatic N) is 2. The average Bonchev–Trinajstić information content (AvgIpc) is 2.89. The molecule has 0 spiro atoms. The summed E-state index contributed by atoms with van der Waals surface area (Å²) in [7, 11) is 0. The number of aromatic nitrogens is 2. The highest BCUT2D eigenvalue weighted by atomic mass is 14.9. The molecule has 5 aromatic rings. The Morgan fingerprint density at radius 1 is 0.515 bits per heavy atom. The largest absolute Gasteiger partial charge is 0.305 e. The topological polar surface area (TPSA) is 49.6 Å². The van der Waals surface area contributed by atoms with E-state index in [2.05, 4.69) is 48.5 Å². The van der Waals surface area contributed by atoms with Gasteiger partial charge < -0.3 is 5.41 Å². The first-order chi connectivity index (χ1) is 16.2. The molecule has 1 N–H and O–H groups in total. The van der Waals surface area contributed by atoms with Crippen molar-refractivity contribution in [2.45, 2.75) is 6.92 Å². The van der Waals surface area contributed by atoms with Crippen LogP contribution in [0.2, 0.25) is 0 Å². The first kappa shape index (κ1) is 20.5.